The molecule has 6 aromatic heterocycles. The molecule has 2 fully saturated rings. The van der Waals surface area contributed by atoms with Gasteiger partial charge in [0.05, 0.1) is 29.3 Å². The molecule has 0 bridgehead atoms. The smallest absolute Gasteiger partial charge is 0.410 e. The fourth-order valence-electron chi connectivity index (χ4n) is 8.13. The van der Waals surface area contributed by atoms with Crippen molar-refractivity contribution < 1.29 is 17.9 Å². The Kier molecular flexibility index (Phi) is 12.8. The highest BCUT2D eigenvalue weighted by Gasteiger charge is 2.30. The highest BCUT2D eigenvalue weighted by molar-refractivity contribution is 7.89. The third-order valence-electron chi connectivity index (χ3n) is 11.5. The van der Waals surface area contributed by atoms with Crippen LogP contribution in [0.3, 0.4) is 0 Å². The van der Waals surface area contributed by atoms with Gasteiger partial charge in [0, 0.05) is 76.8 Å². The molecule has 334 valence electrons. The number of carbonyl (C=O) groups excluding carboxylic acids is 1. The van der Waals surface area contributed by atoms with Crippen molar-refractivity contribution in [3.63, 3.8) is 0 Å². The fourth-order valence-corrected chi connectivity index (χ4v) is 9.31. The minimum absolute atomic E-state index is 0.0202. The molecule has 0 aromatic carbocycles. The molecule has 6 aromatic rings. The molecular formula is C41H60N16O4S. The fraction of sp³-hybridized carbons (Fsp3) is 0.585. The SMILES string of the molecule is CCn1ncc(-c2nc3c(N[C@H]4CCCN(C(=O)OC(C)(C)C)C4)ncnc3n2C)c1C.CCn1ncc(-c2nc3c(N[C@H]4CCCN(S(=O)(=O)CC)C4)ncnc3n2C)c1C. The Morgan fingerprint density at radius 2 is 1.24 bits per heavy atom. The van der Waals surface area contributed by atoms with Crippen molar-refractivity contribution in [3.05, 3.63) is 36.4 Å². The molecule has 20 nitrogen and oxygen atoms in total. The maximum Gasteiger partial charge on any atom is 0.410 e. The van der Waals surface area contributed by atoms with Crippen LogP contribution < -0.4 is 10.6 Å². The van der Waals surface area contributed by atoms with E-state index in [4.69, 9.17) is 14.7 Å². The van der Waals surface area contributed by atoms with Crippen molar-refractivity contribution in [2.45, 2.75) is 112 Å². The zero-order valence-corrected chi connectivity index (χ0v) is 38.4. The second-order valence-electron chi connectivity index (χ2n) is 16.8. The van der Waals surface area contributed by atoms with Gasteiger partial charge in [-0.3, -0.25) is 9.36 Å². The van der Waals surface area contributed by atoms with E-state index in [1.807, 2.05) is 79.6 Å². The Bertz CT molecular complexity index is 2660. The van der Waals surface area contributed by atoms with Gasteiger partial charge in [-0.15, -0.1) is 0 Å². The number of carbonyl (C=O) groups is 1. The maximum atomic E-state index is 12.5. The van der Waals surface area contributed by atoms with E-state index in [1.165, 1.54) is 6.33 Å². The number of imidazole rings is 2. The summed E-state index contributed by atoms with van der Waals surface area (Å²) < 4.78 is 39.5. The molecular weight excluding hydrogens is 813 g/mol. The first kappa shape index (κ1) is 44.4. The second-order valence-corrected chi connectivity index (χ2v) is 19.1. The highest BCUT2D eigenvalue weighted by Crippen LogP contribution is 2.31. The average Bonchev–Trinajstić information content (AvgIpc) is 4.00. The van der Waals surface area contributed by atoms with E-state index < -0.39 is 15.6 Å². The number of sulfonamides is 1. The molecule has 8 heterocycles. The number of piperidine rings is 2. The van der Waals surface area contributed by atoms with Gasteiger partial charge in [-0.2, -0.15) is 14.5 Å². The van der Waals surface area contributed by atoms with Crippen molar-refractivity contribution in [1.29, 1.82) is 0 Å². The van der Waals surface area contributed by atoms with Crippen LogP contribution in [0.4, 0.5) is 16.4 Å². The molecule has 0 unspecified atom stereocenters. The van der Waals surface area contributed by atoms with Gasteiger partial charge in [0.25, 0.3) is 0 Å². The van der Waals surface area contributed by atoms with Gasteiger partial charge < -0.3 is 29.4 Å². The number of rotatable bonds is 10. The summed E-state index contributed by atoms with van der Waals surface area (Å²) in [6.45, 7) is 19.4. The Balaban J connectivity index is 0.000000187. The third kappa shape index (κ3) is 9.09. The lowest BCUT2D eigenvalue weighted by atomic mass is 10.1. The Morgan fingerprint density at radius 3 is 1.69 bits per heavy atom. The summed E-state index contributed by atoms with van der Waals surface area (Å²) >= 11 is 0. The predicted octanol–water partition coefficient (Wildman–Crippen LogP) is 5.15. The van der Waals surface area contributed by atoms with Crippen LogP contribution in [0.1, 0.15) is 78.6 Å². The number of aryl methyl sites for hydroxylation is 4. The van der Waals surface area contributed by atoms with Crippen molar-refractivity contribution >= 4 is 50.1 Å². The summed E-state index contributed by atoms with van der Waals surface area (Å²) in [6, 6.07) is 0.0395. The van der Waals surface area contributed by atoms with Gasteiger partial charge in [0.15, 0.2) is 34.0 Å². The number of nitrogens with one attached hydrogen (secondary N) is 2. The minimum Gasteiger partial charge on any atom is -0.444 e. The number of hydrogen-bond donors (Lipinski definition) is 2. The Hall–Kier alpha value is -5.70. The van der Waals surface area contributed by atoms with E-state index in [9.17, 15) is 13.2 Å². The van der Waals surface area contributed by atoms with Crippen LogP contribution in [0, 0.1) is 13.8 Å². The van der Waals surface area contributed by atoms with Crippen molar-refractivity contribution in [2.75, 3.05) is 42.6 Å². The summed E-state index contributed by atoms with van der Waals surface area (Å²) in [7, 11) is 0.683. The quantitative estimate of drug-likeness (QED) is 0.182. The Labute approximate surface area is 362 Å². The van der Waals surface area contributed by atoms with Crippen LogP contribution in [-0.4, -0.2) is 132 Å². The van der Waals surface area contributed by atoms with E-state index in [0.717, 1.165) is 84.2 Å². The average molecular weight is 873 g/mol. The molecule has 0 spiro atoms. The first-order valence-corrected chi connectivity index (χ1v) is 23.0. The zero-order valence-electron chi connectivity index (χ0n) is 37.5. The number of likely N-dealkylation sites (tertiary alicyclic amines) is 1. The standard InChI is InChI=1S/C22H32N8O2.C19H28N8O2S/c1-7-30-14(2)16(11-25-30)19-27-17-18(23-13-24-20(17)28(19)6)26-15-9-8-10-29(12-15)21(31)32-22(3,4)5;1-5-27-13(3)15(10-22-27)18-24-16-17(20-12-21-19(16)25(18)4)23-14-8-7-9-26(11-14)30(28,29)6-2/h11,13,15H,7-10,12H2,1-6H3,(H,23,24,26);10,12,14H,5-9,11H2,1-4H3,(H,20,21,23)/t15-;14-/m00/s1. The molecule has 2 N–H and O–H groups in total. The number of nitrogens with zero attached hydrogens (tertiary/aromatic N) is 14. The number of fused-ring (bicyclic) bond motifs is 2. The van der Waals surface area contributed by atoms with Gasteiger partial charge in [-0.05, 0) is 81.1 Å². The molecule has 1 amide bonds. The van der Waals surface area contributed by atoms with Crippen LogP contribution in [0.5, 0.6) is 0 Å². The Morgan fingerprint density at radius 1 is 0.758 bits per heavy atom. The molecule has 2 saturated heterocycles. The normalized spacial score (nSPS) is 17.6. The van der Waals surface area contributed by atoms with Gasteiger partial charge in [-0.25, -0.2) is 43.1 Å². The molecule has 8 rings (SSSR count). The zero-order chi connectivity index (χ0) is 44.5. The van der Waals surface area contributed by atoms with Crippen LogP contribution in [0.25, 0.3) is 45.1 Å². The molecule has 0 radical (unpaired) electrons. The van der Waals surface area contributed by atoms with Crippen molar-refractivity contribution in [1.82, 2.24) is 67.8 Å². The number of amides is 1. The number of hydrogen-bond acceptors (Lipinski definition) is 14. The van der Waals surface area contributed by atoms with Crippen molar-refractivity contribution in [2.24, 2.45) is 14.1 Å². The summed E-state index contributed by atoms with van der Waals surface area (Å²) in [5.74, 6) is 3.01. The van der Waals surface area contributed by atoms with Crippen LogP contribution >= 0.6 is 0 Å². The molecule has 0 saturated carbocycles. The van der Waals surface area contributed by atoms with E-state index in [0.29, 0.717) is 48.8 Å². The van der Waals surface area contributed by atoms with Crippen LogP contribution in [0.2, 0.25) is 0 Å². The highest BCUT2D eigenvalue weighted by atomic mass is 32.2. The van der Waals surface area contributed by atoms with Gasteiger partial charge in [-0.1, -0.05) is 0 Å². The topological polar surface area (TPSA) is 214 Å². The number of aromatic nitrogens is 12. The minimum atomic E-state index is -3.20. The summed E-state index contributed by atoms with van der Waals surface area (Å²) in [6.07, 6.45) is 9.99. The molecule has 2 aliphatic heterocycles. The van der Waals surface area contributed by atoms with Gasteiger partial charge in [0.2, 0.25) is 10.0 Å². The van der Waals surface area contributed by atoms with Crippen LogP contribution in [0.15, 0.2) is 25.0 Å². The lowest BCUT2D eigenvalue weighted by molar-refractivity contribution is 0.0206. The third-order valence-corrected chi connectivity index (χ3v) is 13.3. The van der Waals surface area contributed by atoms with Crippen molar-refractivity contribution in [3.8, 4) is 22.8 Å². The van der Waals surface area contributed by atoms with Gasteiger partial charge >= 0.3 is 6.09 Å². The summed E-state index contributed by atoms with van der Waals surface area (Å²) in [4.78, 5) is 41.7. The second kappa shape index (κ2) is 18.0. The lowest BCUT2D eigenvalue weighted by Crippen LogP contribution is -2.47. The lowest BCUT2D eigenvalue weighted by Gasteiger charge is -2.34. The monoisotopic (exact) mass is 872 g/mol. The summed E-state index contributed by atoms with van der Waals surface area (Å²) in [5, 5.41) is 15.8. The molecule has 62 heavy (non-hydrogen) atoms. The number of anilines is 2. The van der Waals surface area contributed by atoms with E-state index in [2.05, 4.69) is 54.6 Å². The van der Waals surface area contributed by atoms with Crippen LogP contribution in [-0.2, 0) is 41.9 Å². The first-order chi connectivity index (χ1) is 29.5. The van der Waals surface area contributed by atoms with E-state index in [-0.39, 0.29) is 23.9 Å². The largest absolute Gasteiger partial charge is 0.444 e. The number of ether oxygens (including phenoxy) is 1. The predicted molar refractivity (Wildman–Crippen MR) is 238 cm³/mol. The molecule has 2 aliphatic rings. The van der Waals surface area contributed by atoms with E-state index >= 15 is 0 Å². The molecule has 21 heteroatoms. The van der Waals surface area contributed by atoms with Gasteiger partial charge in [0.1, 0.15) is 29.9 Å². The summed E-state index contributed by atoms with van der Waals surface area (Å²) in [5.41, 5.74) is 6.40. The molecule has 2 atom stereocenters. The maximum absolute atomic E-state index is 12.5. The van der Waals surface area contributed by atoms with E-state index in [1.54, 1.807) is 22.5 Å². The first-order valence-electron chi connectivity index (χ1n) is 21.4. The molecule has 0 aliphatic carbocycles.